The molecule has 0 N–H and O–H groups in total. The molecule has 1 fully saturated rings. The highest BCUT2D eigenvalue weighted by Gasteiger charge is 2.40. The zero-order chi connectivity index (χ0) is 22.6. The maximum atomic E-state index is 13.4. The van der Waals surface area contributed by atoms with Crippen molar-refractivity contribution in [3.63, 3.8) is 0 Å². The number of hydrogen-bond donors (Lipinski definition) is 0. The van der Waals surface area contributed by atoms with E-state index in [1.165, 1.54) is 4.31 Å². The Morgan fingerprint density at radius 3 is 2.53 bits per heavy atom. The fraction of sp³-hybridized carbons (Fsp3) is 0.526. The Hall–Kier alpha value is -2.48. The number of aliphatic imine (C=N–C) groups is 1. The number of carbonyl (C=O) groups excluding carboxylic acids is 1. The van der Waals surface area contributed by atoms with Crippen molar-refractivity contribution in [2.45, 2.75) is 24.0 Å². The molecule has 2 aromatic rings. The predicted octanol–water partition coefficient (Wildman–Crippen LogP) is 0.935. The molecule has 1 radical (unpaired) electrons. The van der Waals surface area contributed by atoms with Gasteiger partial charge in [-0.05, 0) is 13.5 Å². The number of amides is 1. The van der Waals surface area contributed by atoms with Crippen LogP contribution in [0.2, 0.25) is 0 Å². The minimum atomic E-state index is -3.79. The van der Waals surface area contributed by atoms with Gasteiger partial charge in [-0.3, -0.25) is 9.48 Å². The normalized spacial score (nSPS) is 19.1. The summed E-state index contributed by atoms with van der Waals surface area (Å²) in [5.74, 6) is 0.0503. The minimum absolute atomic E-state index is 0.0562. The predicted molar refractivity (Wildman–Crippen MR) is 117 cm³/mol. The van der Waals surface area contributed by atoms with E-state index >= 15 is 0 Å². The Kier molecular flexibility index (Phi) is 5.23. The lowest BCUT2D eigenvalue weighted by molar-refractivity contribution is 0.0967. The smallest absolute Gasteiger partial charge is 0.301 e. The van der Waals surface area contributed by atoms with Crippen molar-refractivity contribution in [2.24, 2.45) is 12.0 Å². The maximum Gasteiger partial charge on any atom is 0.301 e. The van der Waals surface area contributed by atoms with Crippen LogP contribution in [0.15, 0.2) is 9.20 Å². The summed E-state index contributed by atoms with van der Waals surface area (Å²) in [5.41, 5.74) is 1.52. The van der Waals surface area contributed by atoms with Crippen molar-refractivity contribution in [3.8, 4) is 11.5 Å². The monoisotopic (exact) mass is 479 g/mol. The zero-order valence-corrected chi connectivity index (χ0v) is 19.6. The highest BCUT2D eigenvalue weighted by molar-refractivity contribution is 7.91. The number of sulfonamides is 1. The fourth-order valence-corrected chi connectivity index (χ4v) is 7.06. The third-order valence-corrected chi connectivity index (χ3v) is 9.22. The number of nitrogens with zero attached hydrogens (tertiary/aromatic N) is 6. The molecule has 32 heavy (non-hydrogen) atoms. The van der Waals surface area contributed by atoms with Gasteiger partial charge >= 0.3 is 5.91 Å². The molecule has 2 aromatic heterocycles. The molecule has 13 heteroatoms. The van der Waals surface area contributed by atoms with Crippen molar-refractivity contribution in [1.82, 2.24) is 24.3 Å². The number of carbonyl (C=O) groups is 1. The zero-order valence-electron chi connectivity index (χ0n) is 18.0. The number of ether oxygens (including phenoxy) is 2. The van der Waals surface area contributed by atoms with E-state index in [0.29, 0.717) is 43.2 Å². The highest BCUT2D eigenvalue weighted by atomic mass is 32.2. The van der Waals surface area contributed by atoms with Crippen LogP contribution in [0.4, 0.5) is 5.69 Å². The van der Waals surface area contributed by atoms with Crippen molar-refractivity contribution < 1.29 is 22.7 Å². The largest absolute Gasteiger partial charge is 0.452 e. The standard InChI is InChI=1S/C19H23N6O5S2/c1-4-5-11-12-13(22-24(11)3)18(26)21-17(20-12)16-14-15(30-10-29-14)19(31-16)32(27,28)25-8-6-23(2)7-9-25/h4-10H2,1-3H3. The highest BCUT2D eigenvalue weighted by Crippen LogP contribution is 2.49. The number of aromatic nitrogens is 2. The number of thiophene rings is 1. The average molecular weight is 480 g/mol. The van der Waals surface area contributed by atoms with E-state index in [0.717, 1.165) is 23.5 Å². The van der Waals surface area contributed by atoms with E-state index in [1.54, 1.807) is 11.7 Å². The Labute approximate surface area is 189 Å². The molecule has 0 saturated carbocycles. The van der Waals surface area contributed by atoms with Crippen LogP contribution in [0, 0.1) is 0 Å². The van der Waals surface area contributed by atoms with Gasteiger partial charge in [-0.25, -0.2) is 13.4 Å². The first-order valence-electron chi connectivity index (χ1n) is 10.3. The molecule has 0 unspecified atom stereocenters. The van der Waals surface area contributed by atoms with Gasteiger partial charge in [0, 0.05) is 33.2 Å². The second-order valence-electron chi connectivity index (χ2n) is 7.86. The maximum absolute atomic E-state index is 13.4. The van der Waals surface area contributed by atoms with E-state index in [-0.39, 0.29) is 34.0 Å². The molecule has 0 aromatic carbocycles. The second kappa shape index (κ2) is 7.83. The van der Waals surface area contributed by atoms with Crippen LogP contribution < -0.4 is 14.8 Å². The van der Waals surface area contributed by atoms with E-state index in [4.69, 9.17) is 9.47 Å². The summed E-state index contributed by atoms with van der Waals surface area (Å²) in [6.45, 7) is 4.02. The quantitative estimate of drug-likeness (QED) is 0.626. The van der Waals surface area contributed by atoms with Gasteiger partial charge in [-0.1, -0.05) is 13.3 Å². The number of amidine groups is 1. The first-order chi connectivity index (χ1) is 15.3. The van der Waals surface area contributed by atoms with Crippen molar-refractivity contribution in [3.05, 3.63) is 16.3 Å². The molecule has 5 heterocycles. The number of piperazine rings is 1. The number of hydrogen-bond acceptors (Lipinski definition) is 9. The Bertz CT molecular complexity index is 1220. The van der Waals surface area contributed by atoms with Crippen LogP contribution in [0.3, 0.4) is 0 Å². The lowest BCUT2D eigenvalue weighted by Gasteiger charge is -2.31. The summed E-state index contributed by atoms with van der Waals surface area (Å²) in [6.07, 6.45) is 1.56. The van der Waals surface area contributed by atoms with Gasteiger partial charge in [0.1, 0.15) is 10.6 Å². The van der Waals surface area contributed by atoms with Crippen LogP contribution >= 0.6 is 11.3 Å². The van der Waals surface area contributed by atoms with Crippen LogP contribution in [-0.4, -0.2) is 79.2 Å². The molecule has 0 spiro atoms. The van der Waals surface area contributed by atoms with Crippen LogP contribution in [0.1, 0.15) is 34.4 Å². The lowest BCUT2D eigenvalue weighted by atomic mass is 10.1. The molecule has 11 nitrogen and oxygen atoms in total. The third kappa shape index (κ3) is 3.31. The van der Waals surface area contributed by atoms with E-state index < -0.39 is 15.9 Å². The van der Waals surface area contributed by atoms with E-state index in [1.807, 2.05) is 14.0 Å². The Morgan fingerprint density at radius 2 is 1.81 bits per heavy atom. The van der Waals surface area contributed by atoms with Gasteiger partial charge < -0.3 is 14.4 Å². The molecule has 1 amide bonds. The van der Waals surface area contributed by atoms with E-state index in [2.05, 4.69) is 20.3 Å². The molecule has 5 rings (SSSR count). The molecule has 171 valence electrons. The molecular formula is C19H23N6O5S2. The third-order valence-electron chi connectivity index (χ3n) is 5.69. The summed E-state index contributed by atoms with van der Waals surface area (Å²) in [5, 5.41) is 8.37. The number of fused-ring (bicyclic) bond motifs is 2. The molecule has 0 bridgehead atoms. The molecule has 0 aliphatic carbocycles. The first-order valence-corrected chi connectivity index (χ1v) is 12.6. The van der Waals surface area contributed by atoms with Gasteiger partial charge in [0.2, 0.25) is 6.79 Å². The summed E-state index contributed by atoms with van der Waals surface area (Å²) in [6, 6.07) is 0. The van der Waals surface area contributed by atoms with Gasteiger partial charge in [0.05, 0.1) is 5.69 Å². The fourth-order valence-electron chi connectivity index (χ4n) is 3.95. The summed E-state index contributed by atoms with van der Waals surface area (Å²) < 4.78 is 41.1. The van der Waals surface area contributed by atoms with Gasteiger partial charge in [-0.2, -0.15) is 14.7 Å². The summed E-state index contributed by atoms with van der Waals surface area (Å²) in [7, 11) is -0.0636. The second-order valence-corrected chi connectivity index (χ2v) is 11.0. The number of likely N-dealkylation sites (N-methyl/N-ethyl adjacent to an activating group) is 1. The molecular weight excluding hydrogens is 456 g/mol. The van der Waals surface area contributed by atoms with Crippen LogP contribution in [0.25, 0.3) is 0 Å². The van der Waals surface area contributed by atoms with Crippen molar-refractivity contribution >= 4 is 38.8 Å². The summed E-state index contributed by atoms with van der Waals surface area (Å²) in [4.78, 5) is 19.8. The lowest BCUT2D eigenvalue weighted by Crippen LogP contribution is -2.46. The van der Waals surface area contributed by atoms with Crippen molar-refractivity contribution in [2.75, 3.05) is 40.0 Å². The van der Waals surface area contributed by atoms with Gasteiger partial charge in [-0.15, -0.1) is 11.3 Å². The molecule has 3 aliphatic heterocycles. The van der Waals surface area contributed by atoms with Crippen LogP contribution in [0.5, 0.6) is 11.5 Å². The van der Waals surface area contributed by atoms with Gasteiger partial charge in [0.25, 0.3) is 10.0 Å². The molecule has 0 atom stereocenters. The summed E-state index contributed by atoms with van der Waals surface area (Å²) >= 11 is 0.975. The number of rotatable bonds is 5. The average Bonchev–Trinajstić information content (AvgIpc) is 3.44. The van der Waals surface area contributed by atoms with Gasteiger partial charge in [0.15, 0.2) is 27.2 Å². The molecule has 3 aliphatic rings. The van der Waals surface area contributed by atoms with E-state index in [9.17, 15) is 13.2 Å². The SMILES string of the molecule is CCCc1c2c(nn1C)C(=O)[N]C(c1sc(S(=O)(=O)N3CCN(C)CC3)c3c1OCO3)=N2. The number of aryl methyl sites for hydroxylation is 1. The minimum Gasteiger partial charge on any atom is -0.452 e. The van der Waals surface area contributed by atoms with Crippen molar-refractivity contribution in [1.29, 1.82) is 0 Å². The topological polar surface area (TPSA) is 120 Å². The first kappa shape index (κ1) is 21.4. The Balaban J connectivity index is 1.58. The van der Waals surface area contributed by atoms with Crippen LogP contribution in [-0.2, 0) is 23.5 Å². The Morgan fingerprint density at radius 1 is 1.09 bits per heavy atom. The molecule has 1 saturated heterocycles.